The van der Waals surface area contributed by atoms with Crippen LogP contribution >= 0.6 is 0 Å². The molecule has 0 aliphatic heterocycles. The largest absolute Gasteiger partial charge is 0.385 e. The average molecular weight is 512 g/mol. The van der Waals surface area contributed by atoms with Crippen molar-refractivity contribution in [1.29, 1.82) is 0 Å². The van der Waals surface area contributed by atoms with E-state index in [0.29, 0.717) is 30.2 Å². The van der Waals surface area contributed by atoms with E-state index in [9.17, 15) is 9.90 Å². The molecule has 2 N–H and O–H groups in total. The predicted octanol–water partition coefficient (Wildman–Crippen LogP) is 4.11. The van der Waals surface area contributed by atoms with Crippen LogP contribution in [-0.4, -0.2) is 56.8 Å². The zero-order chi connectivity index (χ0) is 26.9. The molecule has 38 heavy (non-hydrogen) atoms. The summed E-state index contributed by atoms with van der Waals surface area (Å²) in [7, 11) is 0. The summed E-state index contributed by atoms with van der Waals surface area (Å²) in [6.07, 6.45) is 2.81. The molecule has 0 aliphatic carbocycles. The van der Waals surface area contributed by atoms with Crippen LogP contribution in [0.2, 0.25) is 0 Å². The van der Waals surface area contributed by atoms with E-state index in [-0.39, 0.29) is 5.91 Å². The van der Waals surface area contributed by atoms with Crippen molar-refractivity contribution in [3.63, 3.8) is 0 Å². The van der Waals surface area contributed by atoms with E-state index in [1.165, 1.54) is 0 Å². The van der Waals surface area contributed by atoms with Crippen LogP contribution in [0.4, 0.5) is 0 Å². The van der Waals surface area contributed by atoms with E-state index in [1.807, 2.05) is 47.0 Å². The first kappa shape index (κ1) is 26.9. The van der Waals surface area contributed by atoms with Crippen molar-refractivity contribution < 1.29 is 14.4 Å². The number of aliphatic hydroxyl groups is 1. The molecule has 0 saturated carbocycles. The van der Waals surface area contributed by atoms with Crippen LogP contribution in [0, 0.1) is 11.8 Å². The summed E-state index contributed by atoms with van der Waals surface area (Å²) in [5, 5.41) is 17.0. The number of hydrogen-bond donors (Lipinski definition) is 2. The molecule has 1 atom stereocenters. The van der Waals surface area contributed by atoms with Crippen molar-refractivity contribution in [3.8, 4) is 23.2 Å². The molecule has 0 saturated heterocycles. The van der Waals surface area contributed by atoms with Crippen molar-refractivity contribution >= 4 is 5.91 Å². The Morgan fingerprint density at radius 1 is 1.08 bits per heavy atom. The highest BCUT2D eigenvalue weighted by Crippen LogP contribution is 2.22. The van der Waals surface area contributed by atoms with Crippen molar-refractivity contribution in [2.75, 3.05) is 26.2 Å². The maximum atomic E-state index is 12.4. The molecule has 0 bridgehead atoms. The van der Waals surface area contributed by atoms with Crippen LogP contribution in [0.25, 0.3) is 11.3 Å². The highest BCUT2D eigenvalue weighted by molar-refractivity contribution is 5.94. The zero-order valence-electron chi connectivity index (χ0n) is 22.0. The van der Waals surface area contributed by atoms with Crippen molar-refractivity contribution in [1.82, 2.24) is 24.9 Å². The van der Waals surface area contributed by atoms with Crippen molar-refractivity contribution in [2.24, 2.45) is 0 Å². The molecule has 0 unspecified atom stereocenters. The molecule has 2 heterocycles. The predicted molar refractivity (Wildman–Crippen MR) is 146 cm³/mol. The Bertz CT molecular complexity index is 1390. The molecule has 0 fully saturated rings. The molecule has 0 spiro atoms. The molecule has 2 aromatic carbocycles. The first-order valence-electron chi connectivity index (χ1n) is 12.8. The number of rotatable bonds is 10. The van der Waals surface area contributed by atoms with Crippen LogP contribution in [0.1, 0.15) is 59.9 Å². The highest BCUT2D eigenvalue weighted by Gasteiger charge is 2.12. The van der Waals surface area contributed by atoms with Crippen LogP contribution in [0.3, 0.4) is 0 Å². The second-order valence-corrected chi connectivity index (χ2v) is 8.96. The molecule has 2 aromatic heterocycles. The molecular formula is C30H33N5O3. The highest BCUT2D eigenvalue weighted by atomic mass is 16.5. The maximum absolute atomic E-state index is 12.4. The van der Waals surface area contributed by atoms with Gasteiger partial charge in [0.05, 0.1) is 6.54 Å². The Morgan fingerprint density at radius 3 is 2.37 bits per heavy atom. The summed E-state index contributed by atoms with van der Waals surface area (Å²) in [6.45, 7) is 9.80. The first-order chi connectivity index (χ1) is 18.5. The summed E-state index contributed by atoms with van der Waals surface area (Å²) in [5.41, 5.74) is 3.97. The van der Waals surface area contributed by atoms with Gasteiger partial charge in [-0.15, -0.1) is 0 Å². The van der Waals surface area contributed by atoms with Gasteiger partial charge in [-0.2, -0.15) is 0 Å². The number of amides is 1. The van der Waals surface area contributed by atoms with E-state index in [2.05, 4.69) is 46.0 Å². The number of likely N-dealkylation sites (N-methyl/N-ethyl adjacent to an activating group) is 1. The van der Waals surface area contributed by atoms with Gasteiger partial charge in [0.25, 0.3) is 5.91 Å². The van der Waals surface area contributed by atoms with Gasteiger partial charge in [0.1, 0.15) is 17.6 Å². The number of aliphatic hydroxyl groups excluding tert-OH is 1. The quantitative estimate of drug-likeness (QED) is 0.311. The van der Waals surface area contributed by atoms with Crippen LogP contribution in [0.15, 0.2) is 71.5 Å². The Kier molecular flexibility index (Phi) is 9.09. The molecule has 8 nitrogen and oxygen atoms in total. The summed E-state index contributed by atoms with van der Waals surface area (Å²) < 4.78 is 7.37. The number of imidazole rings is 1. The topological polar surface area (TPSA) is 96.4 Å². The number of carbonyl (C=O) groups excluding carboxylic acids is 1. The molecule has 4 rings (SSSR count). The van der Waals surface area contributed by atoms with Gasteiger partial charge in [-0.25, -0.2) is 4.98 Å². The number of carbonyl (C=O) groups is 1. The normalized spacial score (nSPS) is 11.7. The minimum absolute atomic E-state index is 0.0729. The van der Waals surface area contributed by atoms with Crippen LogP contribution < -0.4 is 5.32 Å². The van der Waals surface area contributed by atoms with Crippen molar-refractivity contribution in [2.45, 2.75) is 33.4 Å². The zero-order valence-corrected chi connectivity index (χ0v) is 22.0. The lowest BCUT2D eigenvalue weighted by atomic mass is 10.1. The summed E-state index contributed by atoms with van der Waals surface area (Å²) in [5.74, 6) is 7.48. The van der Waals surface area contributed by atoms with Gasteiger partial charge in [-0.05, 0) is 68.5 Å². The fraction of sp³-hybridized carbons (Fsp3) is 0.300. The van der Waals surface area contributed by atoms with Crippen LogP contribution in [-0.2, 0) is 6.54 Å². The smallest absolute Gasteiger partial charge is 0.251 e. The fourth-order valence-electron chi connectivity index (χ4n) is 4.06. The summed E-state index contributed by atoms with van der Waals surface area (Å²) in [4.78, 5) is 18.8. The molecule has 0 radical (unpaired) electrons. The summed E-state index contributed by atoms with van der Waals surface area (Å²) >= 11 is 0. The third kappa shape index (κ3) is 6.97. The molecule has 196 valence electrons. The van der Waals surface area contributed by atoms with Crippen LogP contribution in [0.5, 0.6) is 0 Å². The molecule has 1 amide bonds. The van der Waals surface area contributed by atoms with Gasteiger partial charge in [-0.1, -0.05) is 30.8 Å². The maximum Gasteiger partial charge on any atom is 0.251 e. The van der Waals surface area contributed by atoms with Gasteiger partial charge in [0, 0.05) is 53.8 Å². The minimum Gasteiger partial charge on any atom is -0.385 e. The Hall–Kier alpha value is -4.19. The first-order valence-corrected chi connectivity index (χ1v) is 12.8. The van der Waals surface area contributed by atoms with Gasteiger partial charge in [0.2, 0.25) is 0 Å². The molecule has 4 aromatic rings. The van der Waals surface area contributed by atoms with Crippen molar-refractivity contribution in [3.05, 3.63) is 95.2 Å². The van der Waals surface area contributed by atoms with Gasteiger partial charge < -0.3 is 24.4 Å². The summed E-state index contributed by atoms with van der Waals surface area (Å²) in [6, 6.07) is 17.0. The number of aromatic nitrogens is 3. The Labute approximate surface area is 223 Å². The average Bonchev–Trinajstić information content (AvgIpc) is 3.61. The number of benzene rings is 2. The molecular weight excluding hydrogens is 478 g/mol. The third-order valence-corrected chi connectivity index (χ3v) is 6.29. The monoisotopic (exact) mass is 511 g/mol. The van der Waals surface area contributed by atoms with E-state index < -0.39 is 6.10 Å². The number of nitrogens with one attached hydrogen (secondary N) is 1. The molecule has 0 aliphatic rings. The molecule has 8 heteroatoms. The fourth-order valence-corrected chi connectivity index (χ4v) is 4.06. The van der Waals surface area contributed by atoms with E-state index >= 15 is 0 Å². The second kappa shape index (κ2) is 12.9. The lowest BCUT2D eigenvalue weighted by Gasteiger charge is -2.17. The van der Waals surface area contributed by atoms with E-state index in [0.717, 1.165) is 42.0 Å². The van der Waals surface area contributed by atoms with E-state index in [4.69, 9.17) is 4.52 Å². The SMILES string of the molecule is CCN(CC)CCNC(=O)c1ccc(C#Cc2ccc(-c3cc(Cn4ccnc4[C@H](C)O)no3)cc2)cc1. The third-order valence-electron chi connectivity index (χ3n) is 6.29. The lowest BCUT2D eigenvalue weighted by molar-refractivity contribution is 0.0949. The Morgan fingerprint density at radius 2 is 1.74 bits per heavy atom. The lowest BCUT2D eigenvalue weighted by Crippen LogP contribution is -2.34. The van der Waals surface area contributed by atoms with E-state index in [1.54, 1.807) is 31.5 Å². The second-order valence-electron chi connectivity index (χ2n) is 8.96. The number of hydrogen-bond acceptors (Lipinski definition) is 6. The minimum atomic E-state index is -0.657. The van der Waals surface area contributed by atoms with Gasteiger partial charge in [0.15, 0.2) is 5.76 Å². The van der Waals surface area contributed by atoms with Gasteiger partial charge in [-0.3, -0.25) is 4.79 Å². The standard InChI is InChI=1S/C30H33N5O3/c1-4-34(5-2)18-16-32-30(37)26-14-10-24(11-15-26)7-6-23-8-12-25(13-9-23)28-20-27(33-38-28)21-35-19-17-31-29(35)22(3)36/h8-15,17,19-20,22,36H,4-5,16,18,21H2,1-3H3,(H,32,37)/t22-/m0/s1. The Balaban J connectivity index is 1.33. The number of nitrogens with zero attached hydrogens (tertiary/aromatic N) is 4. The van der Waals surface area contributed by atoms with Gasteiger partial charge >= 0.3 is 0 Å².